The molecule has 0 bridgehead atoms. The molecule has 1 unspecified atom stereocenters. The highest BCUT2D eigenvalue weighted by molar-refractivity contribution is 6.07. The molecule has 0 spiro atoms. The molecule has 1 heterocycles. The van der Waals surface area contributed by atoms with Crippen molar-refractivity contribution in [2.75, 3.05) is 13.2 Å². The molecule has 4 nitrogen and oxygen atoms in total. The van der Waals surface area contributed by atoms with Crippen molar-refractivity contribution in [3.63, 3.8) is 0 Å². The van der Waals surface area contributed by atoms with Gasteiger partial charge in [0.25, 0.3) is 0 Å². The third-order valence-corrected chi connectivity index (χ3v) is 5.36. The van der Waals surface area contributed by atoms with Crippen LogP contribution in [0.1, 0.15) is 30.4 Å². The van der Waals surface area contributed by atoms with Gasteiger partial charge in [0, 0.05) is 19.6 Å². The molecule has 0 saturated carbocycles. The van der Waals surface area contributed by atoms with E-state index in [4.69, 9.17) is 4.74 Å². The van der Waals surface area contributed by atoms with Crippen molar-refractivity contribution in [3.8, 4) is 0 Å². The van der Waals surface area contributed by atoms with Gasteiger partial charge in [-0.1, -0.05) is 67.2 Å². The normalized spacial score (nSPS) is 19.0. The van der Waals surface area contributed by atoms with Gasteiger partial charge in [-0.15, -0.1) is 0 Å². The van der Waals surface area contributed by atoms with Gasteiger partial charge in [0.05, 0.1) is 6.61 Å². The molecule has 1 aliphatic heterocycles. The molecule has 1 fully saturated rings. The molecule has 1 amide bonds. The molecule has 4 heteroatoms. The van der Waals surface area contributed by atoms with E-state index in [-0.39, 0.29) is 11.7 Å². The van der Waals surface area contributed by atoms with Crippen LogP contribution in [0.25, 0.3) is 0 Å². The highest BCUT2D eigenvalue weighted by Crippen LogP contribution is 2.38. The van der Waals surface area contributed by atoms with E-state index in [1.165, 1.54) is 6.20 Å². The summed E-state index contributed by atoms with van der Waals surface area (Å²) in [4.78, 5) is 27.7. The van der Waals surface area contributed by atoms with Crippen LogP contribution in [0.2, 0.25) is 0 Å². The number of likely N-dealkylation sites (tertiary alicyclic amines) is 1. The Bertz CT molecular complexity index is 803. The van der Waals surface area contributed by atoms with Gasteiger partial charge in [-0.25, -0.2) is 0 Å². The maximum atomic E-state index is 13.1. The van der Waals surface area contributed by atoms with Gasteiger partial charge in [0.15, 0.2) is 0 Å². The number of amides is 1. The zero-order valence-corrected chi connectivity index (χ0v) is 16.2. The average molecular weight is 377 g/mol. The lowest BCUT2D eigenvalue weighted by Crippen LogP contribution is -2.41. The Hall–Kier alpha value is -2.72. The highest BCUT2D eigenvalue weighted by atomic mass is 16.5. The van der Waals surface area contributed by atoms with Crippen molar-refractivity contribution in [1.82, 2.24) is 4.90 Å². The Labute approximate surface area is 166 Å². The Morgan fingerprint density at radius 3 is 2.32 bits per heavy atom. The summed E-state index contributed by atoms with van der Waals surface area (Å²) in [5.74, 6) is -0.115. The highest BCUT2D eigenvalue weighted by Gasteiger charge is 2.50. The minimum absolute atomic E-state index is 0.00835. The zero-order chi connectivity index (χ0) is 19.8. The molecule has 2 aromatic rings. The summed E-state index contributed by atoms with van der Waals surface area (Å²) in [7, 11) is 0. The first-order valence-corrected chi connectivity index (χ1v) is 9.78. The summed E-state index contributed by atoms with van der Waals surface area (Å²) in [5, 5.41) is 0. The molecule has 1 atom stereocenters. The number of Topliss-reactive ketones (excluding diaryl/α,β-unsaturated/α-hetero) is 1. The number of ketones is 1. The van der Waals surface area contributed by atoms with Crippen LogP contribution < -0.4 is 0 Å². The number of nitrogens with zero attached hydrogens (tertiary/aromatic N) is 1. The van der Waals surface area contributed by atoms with E-state index in [0.717, 1.165) is 11.1 Å². The fraction of sp³-hybridized carbons (Fsp3) is 0.333. The van der Waals surface area contributed by atoms with E-state index in [9.17, 15) is 9.59 Å². The predicted molar refractivity (Wildman–Crippen MR) is 109 cm³/mol. The topological polar surface area (TPSA) is 46.6 Å². The average Bonchev–Trinajstić information content (AvgIpc) is 3.05. The van der Waals surface area contributed by atoms with Crippen molar-refractivity contribution in [3.05, 3.63) is 84.6 Å². The van der Waals surface area contributed by atoms with Crippen LogP contribution in [-0.4, -0.2) is 29.7 Å². The Morgan fingerprint density at radius 2 is 1.71 bits per heavy atom. The van der Waals surface area contributed by atoms with Crippen LogP contribution in [0.15, 0.2) is 73.4 Å². The van der Waals surface area contributed by atoms with E-state index in [2.05, 4.69) is 6.58 Å². The second-order valence-corrected chi connectivity index (χ2v) is 7.24. The van der Waals surface area contributed by atoms with Crippen molar-refractivity contribution < 1.29 is 14.3 Å². The number of hydrogen-bond donors (Lipinski definition) is 0. The summed E-state index contributed by atoms with van der Waals surface area (Å²) in [6.07, 6.45) is 3.48. The van der Waals surface area contributed by atoms with Gasteiger partial charge in [-0.3, -0.25) is 9.59 Å². The van der Waals surface area contributed by atoms with Crippen LogP contribution in [0.5, 0.6) is 0 Å². The third kappa shape index (κ3) is 4.57. The molecular formula is C24H27NO3. The van der Waals surface area contributed by atoms with Crippen LogP contribution in [-0.2, 0) is 27.4 Å². The molecule has 3 rings (SSSR count). The van der Waals surface area contributed by atoms with E-state index in [1.54, 1.807) is 4.90 Å². The maximum Gasteiger partial charge on any atom is 0.240 e. The van der Waals surface area contributed by atoms with Crippen LogP contribution >= 0.6 is 0 Å². The summed E-state index contributed by atoms with van der Waals surface area (Å²) >= 11 is 0. The van der Waals surface area contributed by atoms with Gasteiger partial charge in [-0.05, 0) is 36.6 Å². The molecule has 0 radical (unpaired) electrons. The van der Waals surface area contributed by atoms with E-state index in [0.29, 0.717) is 45.4 Å². The molecule has 146 valence electrons. The standard InChI is InChI=1S/C24H27NO3/c1-2-25-16-15-24(23(25)27,18-20-10-5-3-6-11-20)22(26)14-9-17-28-19-21-12-7-4-8-13-21/h2-8,10-13H,1,9,14-19H2. The largest absolute Gasteiger partial charge is 0.377 e. The smallest absolute Gasteiger partial charge is 0.240 e. The number of rotatable bonds is 10. The van der Waals surface area contributed by atoms with Gasteiger partial charge < -0.3 is 9.64 Å². The minimum Gasteiger partial charge on any atom is -0.377 e. The number of carbonyl (C=O) groups is 2. The number of hydrogen-bond acceptors (Lipinski definition) is 3. The molecular weight excluding hydrogens is 350 g/mol. The molecule has 2 aromatic carbocycles. The molecule has 1 saturated heterocycles. The minimum atomic E-state index is -0.977. The lowest BCUT2D eigenvalue weighted by Gasteiger charge is -2.26. The first kappa shape index (κ1) is 20.0. The zero-order valence-electron chi connectivity index (χ0n) is 16.2. The number of benzene rings is 2. The molecule has 1 aliphatic rings. The first-order valence-electron chi connectivity index (χ1n) is 9.78. The van der Waals surface area contributed by atoms with Crippen LogP contribution in [0, 0.1) is 5.41 Å². The number of carbonyl (C=O) groups excluding carboxylic acids is 2. The fourth-order valence-electron chi connectivity index (χ4n) is 3.77. The molecule has 0 N–H and O–H groups in total. The summed E-state index contributed by atoms with van der Waals surface area (Å²) < 4.78 is 5.69. The van der Waals surface area contributed by atoms with E-state index >= 15 is 0 Å². The maximum absolute atomic E-state index is 13.1. The van der Waals surface area contributed by atoms with Crippen molar-refractivity contribution in [1.29, 1.82) is 0 Å². The fourth-order valence-corrected chi connectivity index (χ4v) is 3.77. The second-order valence-electron chi connectivity index (χ2n) is 7.24. The summed E-state index contributed by atoms with van der Waals surface area (Å²) in [5.41, 5.74) is 1.15. The Kier molecular flexibility index (Phi) is 6.77. The van der Waals surface area contributed by atoms with Crippen LogP contribution in [0.3, 0.4) is 0 Å². The van der Waals surface area contributed by atoms with Crippen molar-refractivity contribution in [2.24, 2.45) is 5.41 Å². The van der Waals surface area contributed by atoms with Crippen molar-refractivity contribution >= 4 is 11.7 Å². The van der Waals surface area contributed by atoms with Gasteiger partial charge in [-0.2, -0.15) is 0 Å². The van der Waals surface area contributed by atoms with Crippen LogP contribution in [0.4, 0.5) is 0 Å². The van der Waals surface area contributed by atoms with Gasteiger partial charge in [0.2, 0.25) is 5.91 Å². The molecule has 28 heavy (non-hydrogen) atoms. The van der Waals surface area contributed by atoms with E-state index in [1.807, 2.05) is 60.7 Å². The predicted octanol–water partition coefficient (Wildman–Crippen LogP) is 4.16. The summed E-state index contributed by atoms with van der Waals surface area (Å²) in [6, 6.07) is 19.7. The molecule has 0 aliphatic carbocycles. The lowest BCUT2D eigenvalue weighted by atomic mass is 9.75. The lowest BCUT2D eigenvalue weighted by molar-refractivity contribution is -0.143. The first-order chi connectivity index (χ1) is 13.7. The quantitative estimate of drug-likeness (QED) is 0.461. The van der Waals surface area contributed by atoms with Gasteiger partial charge in [0.1, 0.15) is 11.2 Å². The van der Waals surface area contributed by atoms with E-state index < -0.39 is 5.41 Å². The molecule has 0 aromatic heterocycles. The van der Waals surface area contributed by atoms with Gasteiger partial charge >= 0.3 is 0 Å². The number of ether oxygens (including phenoxy) is 1. The monoisotopic (exact) mass is 377 g/mol. The Balaban J connectivity index is 1.59. The summed E-state index contributed by atoms with van der Waals surface area (Å²) in [6.45, 7) is 5.30. The third-order valence-electron chi connectivity index (χ3n) is 5.36. The second kappa shape index (κ2) is 9.47. The Morgan fingerprint density at radius 1 is 1.07 bits per heavy atom. The SMILES string of the molecule is C=CN1CCC(Cc2ccccc2)(C(=O)CCCOCc2ccccc2)C1=O. The van der Waals surface area contributed by atoms with Crippen molar-refractivity contribution in [2.45, 2.75) is 32.3 Å².